The van der Waals surface area contributed by atoms with Crippen molar-refractivity contribution >= 4 is 40.4 Å². The summed E-state index contributed by atoms with van der Waals surface area (Å²) >= 11 is 0. The van der Waals surface area contributed by atoms with Gasteiger partial charge in [-0.2, -0.15) is 13.2 Å². The van der Waals surface area contributed by atoms with Gasteiger partial charge >= 0.3 is 18.2 Å². The van der Waals surface area contributed by atoms with Crippen LogP contribution in [0.25, 0.3) is 10.9 Å². The number of methoxy groups -OCH3 is 1. The molecule has 0 spiro atoms. The normalized spacial score (nSPS) is 20.5. The summed E-state index contributed by atoms with van der Waals surface area (Å²) in [7, 11) is 0.676. The van der Waals surface area contributed by atoms with Crippen LogP contribution in [0.5, 0.6) is 5.75 Å². The number of rotatable bonds is 8. The minimum Gasteiger partial charge on any atom is -0.489 e. The number of hydrogen-bond acceptors (Lipinski definition) is 9. The number of benzene rings is 2. The van der Waals surface area contributed by atoms with Gasteiger partial charge in [-0.05, 0) is 38.1 Å². The van der Waals surface area contributed by atoms with Gasteiger partial charge in [-0.25, -0.2) is 9.59 Å². The van der Waals surface area contributed by atoms with Crippen LogP contribution in [0.4, 0.5) is 18.0 Å². The number of carbonyl (C=O) groups excluding carboxylic acids is 4. The maximum absolute atomic E-state index is 12.3. The Bertz CT molecular complexity index is 1680. The number of aryl methyl sites for hydroxylation is 1. The molecule has 12 nitrogen and oxygen atoms in total. The summed E-state index contributed by atoms with van der Waals surface area (Å²) in [5, 5.41) is 13.0. The molecular weight excluding hydrogens is 611 g/mol. The Kier molecular flexibility index (Phi) is 9.83. The summed E-state index contributed by atoms with van der Waals surface area (Å²) in [5.41, 5.74) is 2.25. The molecule has 3 N–H and O–H groups in total. The Labute approximate surface area is 261 Å². The zero-order valence-electron chi connectivity index (χ0n) is 25.4. The Morgan fingerprint density at radius 2 is 1.80 bits per heavy atom. The van der Waals surface area contributed by atoms with E-state index in [1.54, 1.807) is 6.92 Å². The molecule has 2 atom stereocenters. The number of urea groups is 1. The van der Waals surface area contributed by atoms with E-state index in [1.807, 2.05) is 61.5 Å². The minimum atomic E-state index is -4.85. The molecule has 2 unspecified atom stereocenters. The zero-order chi connectivity index (χ0) is 33.7. The molecule has 1 saturated heterocycles. The fourth-order valence-corrected chi connectivity index (χ4v) is 5.02. The van der Waals surface area contributed by atoms with E-state index in [9.17, 15) is 32.3 Å². The van der Waals surface area contributed by atoms with E-state index in [4.69, 9.17) is 9.57 Å². The van der Waals surface area contributed by atoms with Gasteiger partial charge in [0.2, 0.25) is 5.91 Å². The monoisotopic (exact) mass is 643 g/mol. The number of alkyl halides is 3. The van der Waals surface area contributed by atoms with Gasteiger partial charge in [0.05, 0.1) is 24.9 Å². The van der Waals surface area contributed by atoms with E-state index in [0.29, 0.717) is 31.6 Å². The van der Waals surface area contributed by atoms with Crippen LogP contribution in [0.15, 0.2) is 59.8 Å². The Balaban J connectivity index is 0.000000533. The third-order valence-corrected chi connectivity index (χ3v) is 7.26. The van der Waals surface area contributed by atoms with Crippen LogP contribution < -0.4 is 20.7 Å². The predicted molar refractivity (Wildman–Crippen MR) is 159 cm³/mol. The third-order valence-electron chi connectivity index (χ3n) is 7.26. The molecule has 4 amide bonds. The second-order valence-corrected chi connectivity index (χ2v) is 11.0. The first kappa shape index (κ1) is 33.7. The Hall–Kier alpha value is -5.21. The van der Waals surface area contributed by atoms with Crippen molar-refractivity contribution in [1.29, 1.82) is 0 Å². The topological polar surface area (TPSA) is 157 Å². The van der Waals surface area contributed by atoms with Gasteiger partial charge in [-0.1, -0.05) is 35.5 Å². The second kappa shape index (κ2) is 13.4. The summed E-state index contributed by atoms with van der Waals surface area (Å²) in [6, 6.07) is 16.9. The van der Waals surface area contributed by atoms with Crippen molar-refractivity contribution in [3.8, 4) is 5.75 Å². The van der Waals surface area contributed by atoms with Crippen molar-refractivity contribution in [3.63, 3.8) is 0 Å². The van der Waals surface area contributed by atoms with Crippen molar-refractivity contribution in [2.75, 3.05) is 13.7 Å². The third kappa shape index (κ3) is 7.89. The highest BCUT2D eigenvalue weighted by Gasteiger charge is 2.47. The van der Waals surface area contributed by atoms with E-state index in [1.165, 1.54) is 6.92 Å². The van der Waals surface area contributed by atoms with Crippen molar-refractivity contribution in [2.45, 2.75) is 57.5 Å². The van der Waals surface area contributed by atoms with Crippen LogP contribution in [-0.4, -0.2) is 59.9 Å². The largest absolute Gasteiger partial charge is 0.490 e. The average Bonchev–Trinajstić information content (AvgIpc) is 3.52. The lowest BCUT2D eigenvalue weighted by Crippen LogP contribution is -2.46. The molecule has 15 heteroatoms. The van der Waals surface area contributed by atoms with E-state index in [2.05, 4.69) is 30.8 Å². The maximum atomic E-state index is 12.3. The number of nitrogens with one attached hydrogen (secondary N) is 3. The average molecular weight is 644 g/mol. The second-order valence-electron chi connectivity index (χ2n) is 11.0. The quantitative estimate of drug-likeness (QED) is 0.246. The van der Waals surface area contributed by atoms with Gasteiger partial charge in [0.15, 0.2) is 5.60 Å². The van der Waals surface area contributed by atoms with Crippen LogP contribution in [0.2, 0.25) is 0 Å². The fourth-order valence-electron chi connectivity index (χ4n) is 5.02. The molecule has 3 heterocycles. The zero-order valence-corrected chi connectivity index (χ0v) is 25.4. The molecule has 2 aromatic carbocycles. The first-order valence-corrected chi connectivity index (χ1v) is 14.0. The Morgan fingerprint density at radius 3 is 2.39 bits per heavy atom. The van der Waals surface area contributed by atoms with E-state index in [0.717, 1.165) is 27.7 Å². The lowest BCUT2D eigenvalue weighted by atomic mass is 9.85. The summed E-state index contributed by atoms with van der Waals surface area (Å²) in [4.78, 5) is 55.6. The standard InChI is InChI=1S/C28H29N5O5.C3H3F3O2/c1-17-12-19(23-6-4-5-7-24(23)30-17)15-37-22-10-8-20(9-11-22)28(16-29-18(2)34)14-21(33-38-28)13-27(3)25(35)31-26(36)32-27;1-8-2(7)3(4,5)6/h4-12H,13-16H2,1-3H3,(H,29,34)(H2,31,32,35,36);1H3. The highest BCUT2D eigenvalue weighted by molar-refractivity contribution is 6.09. The summed E-state index contributed by atoms with van der Waals surface area (Å²) in [5.74, 6) is -2.10. The predicted octanol–water partition coefficient (Wildman–Crippen LogP) is 3.94. The minimum absolute atomic E-state index is 0.187. The number of aromatic nitrogens is 1. The molecule has 244 valence electrons. The van der Waals surface area contributed by atoms with Crippen molar-refractivity contribution in [3.05, 3.63) is 71.4 Å². The molecule has 0 saturated carbocycles. The molecule has 5 rings (SSSR count). The van der Waals surface area contributed by atoms with Crippen LogP contribution in [0.3, 0.4) is 0 Å². The van der Waals surface area contributed by atoms with Crippen LogP contribution in [0, 0.1) is 6.92 Å². The highest BCUT2D eigenvalue weighted by Crippen LogP contribution is 2.37. The molecule has 0 radical (unpaired) electrons. The number of oxime groups is 1. The molecule has 46 heavy (non-hydrogen) atoms. The van der Waals surface area contributed by atoms with Crippen molar-refractivity contribution < 1.29 is 46.7 Å². The van der Waals surface area contributed by atoms with Gasteiger partial charge < -0.3 is 24.9 Å². The molecule has 2 aliphatic rings. The number of hydrogen-bond donors (Lipinski definition) is 3. The number of esters is 1. The van der Waals surface area contributed by atoms with Crippen molar-refractivity contribution in [1.82, 2.24) is 20.9 Å². The van der Waals surface area contributed by atoms with E-state index < -0.39 is 35.2 Å². The van der Waals surface area contributed by atoms with Gasteiger partial charge in [-0.3, -0.25) is 19.9 Å². The number of nitrogens with zero attached hydrogens (tertiary/aromatic N) is 2. The number of ether oxygens (including phenoxy) is 2. The van der Waals surface area contributed by atoms with Crippen molar-refractivity contribution in [2.24, 2.45) is 5.16 Å². The molecule has 0 bridgehead atoms. The molecule has 0 aliphatic carbocycles. The molecular formula is C31H32F3N5O7. The molecule has 2 aliphatic heterocycles. The summed E-state index contributed by atoms with van der Waals surface area (Å²) in [6.45, 7) is 5.61. The van der Waals surface area contributed by atoms with E-state index in [-0.39, 0.29) is 18.9 Å². The van der Waals surface area contributed by atoms with Gasteiger partial charge in [-0.15, -0.1) is 0 Å². The number of halogens is 3. The molecule has 1 fully saturated rings. The SMILES string of the molecule is CC(=O)NCC1(c2ccc(OCc3cc(C)nc4ccccc34)cc2)CC(CC2(C)NC(=O)NC2=O)=NO1.COC(=O)C(F)(F)F. The number of para-hydroxylation sites is 1. The lowest BCUT2D eigenvalue weighted by molar-refractivity contribution is -0.196. The highest BCUT2D eigenvalue weighted by atomic mass is 19.4. The fraction of sp³-hybridized carbons (Fsp3) is 0.355. The van der Waals surface area contributed by atoms with Gasteiger partial charge in [0, 0.05) is 42.0 Å². The maximum Gasteiger partial charge on any atom is 0.490 e. The Morgan fingerprint density at radius 1 is 1.11 bits per heavy atom. The first-order chi connectivity index (χ1) is 21.6. The summed E-state index contributed by atoms with van der Waals surface area (Å²) < 4.78 is 42.4. The van der Waals surface area contributed by atoms with Gasteiger partial charge in [0.1, 0.15) is 17.9 Å². The molecule has 1 aromatic heterocycles. The first-order valence-electron chi connectivity index (χ1n) is 14.0. The smallest absolute Gasteiger partial charge is 0.489 e. The number of fused-ring (bicyclic) bond motifs is 1. The number of pyridine rings is 1. The number of imide groups is 1. The van der Waals surface area contributed by atoms with Crippen LogP contribution in [0.1, 0.15) is 43.5 Å². The van der Waals surface area contributed by atoms with Gasteiger partial charge in [0.25, 0.3) is 5.91 Å². The van der Waals surface area contributed by atoms with E-state index >= 15 is 0 Å². The van der Waals surface area contributed by atoms with Crippen LogP contribution in [-0.2, 0) is 36.2 Å². The number of carbonyl (C=O) groups is 4. The summed E-state index contributed by atoms with van der Waals surface area (Å²) in [6.07, 6.45) is -4.32. The molecule has 3 aromatic rings. The number of amides is 4. The lowest BCUT2D eigenvalue weighted by Gasteiger charge is -2.28. The van der Waals surface area contributed by atoms with Crippen LogP contribution >= 0.6 is 0 Å².